The quantitative estimate of drug-likeness (QED) is 0.199. The van der Waals surface area contributed by atoms with Crippen LogP contribution in [0.2, 0.25) is 0 Å². The summed E-state index contributed by atoms with van der Waals surface area (Å²) in [5.41, 5.74) is 2.38. The zero-order chi connectivity index (χ0) is 28.9. The monoisotopic (exact) mass is 568 g/mol. The first kappa shape index (κ1) is 31.8. The summed E-state index contributed by atoms with van der Waals surface area (Å²) >= 11 is 0. The van der Waals surface area contributed by atoms with Crippen molar-refractivity contribution in [2.45, 2.75) is 83.8 Å². The average molecular weight is 569 g/mol. The number of ether oxygens (including phenoxy) is 6. The average Bonchev–Trinajstić information content (AvgIpc) is 2.97. The van der Waals surface area contributed by atoms with Crippen molar-refractivity contribution < 1.29 is 28.4 Å². The van der Waals surface area contributed by atoms with Crippen molar-refractivity contribution in [2.75, 3.05) is 52.9 Å². The smallest absolute Gasteiger partial charge is 0.119 e. The first-order valence-corrected chi connectivity index (χ1v) is 15.8. The zero-order valence-electron chi connectivity index (χ0n) is 25.8. The van der Waals surface area contributed by atoms with E-state index in [1.807, 2.05) is 0 Å². The van der Waals surface area contributed by atoms with Crippen LogP contribution in [-0.4, -0.2) is 65.1 Å². The second-order valence-electron chi connectivity index (χ2n) is 12.4. The molecule has 0 spiro atoms. The first-order valence-electron chi connectivity index (χ1n) is 15.8. The van der Waals surface area contributed by atoms with Gasteiger partial charge >= 0.3 is 0 Å². The fraction of sp³-hybridized carbons (Fsp3) is 0.657. The van der Waals surface area contributed by atoms with Crippen LogP contribution in [0.4, 0.5) is 0 Å². The van der Waals surface area contributed by atoms with E-state index in [1.165, 1.54) is 11.1 Å². The molecule has 2 saturated heterocycles. The van der Waals surface area contributed by atoms with Gasteiger partial charge in [0.25, 0.3) is 0 Å². The van der Waals surface area contributed by atoms with Crippen molar-refractivity contribution in [3.05, 3.63) is 59.7 Å². The maximum Gasteiger partial charge on any atom is 0.119 e. The summed E-state index contributed by atoms with van der Waals surface area (Å²) in [4.78, 5) is 0. The van der Waals surface area contributed by atoms with E-state index in [1.54, 1.807) is 0 Å². The maximum absolute atomic E-state index is 5.97. The van der Waals surface area contributed by atoms with Crippen LogP contribution in [0.5, 0.6) is 11.5 Å². The van der Waals surface area contributed by atoms with E-state index < -0.39 is 0 Å². The molecule has 6 nitrogen and oxygen atoms in total. The van der Waals surface area contributed by atoms with Crippen LogP contribution in [-0.2, 0) is 24.4 Å². The Hall–Kier alpha value is -2.12. The topological polar surface area (TPSA) is 55.4 Å². The maximum atomic E-state index is 5.97. The Bertz CT molecular complexity index is 909. The SMILES string of the molecule is CC1CC(COCCCOc2ccc(C(C)(C)c3ccc(OCCCOCC4CCOC(C)C4)cc3)cc2)CCO1. The molecule has 41 heavy (non-hydrogen) atoms. The van der Waals surface area contributed by atoms with Gasteiger partial charge in [-0.3, -0.25) is 0 Å². The summed E-state index contributed by atoms with van der Waals surface area (Å²) in [6.45, 7) is 15.0. The Balaban J connectivity index is 1.11. The Kier molecular flexibility index (Phi) is 12.8. The van der Waals surface area contributed by atoms with E-state index in [9.17, 15) is 0 Å². The molecule has 2 aromatic carbocycles. The van der Waals surface area contributed by atoms with E-state index in [0.717, 1.165) is 89.7 Å². The summed E-state index contributed by atoms with van der Waals surface area (Å²) in [6, 6.07) is 17.0. The van der Waals surface area contributed by atoms with Gasteiger partial charge < -0.3 is 28.4 Å². The second-order valence-corrected chi connectivity index (χ2v) is 12.4. The van der Waals surface area contributed by atoms with Crippen LogP contribution >= 0.6 is 0 Å². The van der Waals surface area contributed by atoms with Gasteiger partial charge in [-0.1, -0.05) is 38.1 Å². The molecule has 6 heteroatoms. The number of hydrogen-bond donors (Lipinski definition) is 0. The van der Waals surface area contributed by atoms with Gasteiger partial charge in [-0.15, -0.1) is 0 Å². The fourth-order valence-electron chi connectivity index (χ4n) is 5.79. The van der Waals surface area contributed by atoms with E-state index >= 15 is 0 Å². The van der Waals surface area contributed by atoms with Crippen LogP contribution in [0.3, 0.4) is 0 Å². The van der Waals surface area contributed by atoms with Crippen molar-refractivity contribution >= 4 is 0 Å². The van der Waals surface area contributed by atoms with Gasteiger partial charge in [-0.2, -0.15) is 0 Å². The summed E-state index contributed by atoms with van der Waals surface area (Å²) in [5.74, 6) is 3.05. The predicted molar refractivity (Wildman–Crippen MR) is 163 cm³/mol. The van der Waals surface area contributed by atoms with Gasteiger partial charge in [0.05, 0.1) is 25.4 Å². The van der Waals surface area contributed by atoms with Gasteiger partial charge in [0.15, 0.2) is 0 Å². The highest BCUT2D eigenvalue weighted by atomic mass is 16.5. The molecule has 2 heterocycles. The number of rotatable bonds is 16. The lowest BCUT2D eigenvalue weighted by molar-refractivity contribution is -0.0244. The van der Waals surface area contributed by atoms with Gasteiger partial charge in [-0.05, 0) is 86.8 Å². The van der Waals surface area contributed by atoms with Crippen LogP contribution in [0.15, 0.2) is 48.5 Å². The van der Waals surface area contributed by atoms with Crippen LogP contribution in [0, 0.1) is 11.8 Å². The Labute approximate surface area is 248 Å². The van der Waals surface area contributed by atoms with Gasteiger partial charge in [-0.25, -0.2) is 0 Å². The second kappa shape index (κ2) is 16.5. The van der Waals surface area contributed by atoms with Gasteiger partial charge in [0, 0.05) is 57.9 Å². The molecular weight excluding hydrogens is 516 g/mol. The summed E-state index contributed by atoms with van der Waals surface area (Å²) in [5, 5.41) is 0. The largest absolute Gasteiger partial charge is 0.494 e. The van der Waals surface area contributed by atoms with Crippen molar-refractivity contribution in [3.8, 4) is 11.5 Å². The Morgan fingerprint density at radius 1 is 0.634 bits per heavy atom. The lowest BCUT2D eigenvalue weighted by Crippen LogP contribution is -2.26. The number of benzene rings is 2. The standard InChI is InChI=1S/C35H52O6/c1-27-23-29(15-21-38-27)25-36-17-5-19-40-33-11-7-31(8-12-33)35(3,4)32-9-13-34(14-10-32)41-20-6-18-37-26-30-16-22-39-28(2)24-30/h7-14,27-30H,5-6,15-26H2,1-4H3. The molecule has 2 aliphatic heterocycles. The lowest BCUT2D eigenvalue weighted by atomic mass is 9.78. The van der Waals surface area contributed by atoms with Gasteiger partial charge in [0.1, 0.15) is 11.5 Å². The van der Waals surface area contributed by atoms with E-state index in [2.05, 4.69) is 76.2 Å². The predicted octanol–water partition coefficient (Wildman–Crippen LogP) is 7.21. The number of hydrogen-bond acceptors (Lipinski definition) is 6. The molecule has 0 N–H and O–H groups in total. The molecule has 0 radical (unpaired) electrons. The summed E-state index contributed by atoms with van der Waals surface area (Å²) < 4.78 is 34.9. The van der Waals surface area contributed by atoms with Crippen molar-refractivity contribution in [1.29, 1.82) is 0 Å². The summed E-state index contributed by atoms with van der Waals surface area (Å²) in [6.07, 6.45) is 6.92. The molecule has 4 rings (SSSR count). The minimum absolute atomic E-state index is 0.123. The Morgan fingerprint density at radius 2 is 1.05 bits per heavy atom. The molecule has 2 aliphatic rings. The van der Waals surface area contributed by atoms with Crippen molar-refractivity contribution in [3.63, 3.8) is 0 Å². The molecule has 228 valence electrons. The minimum Gasteiger partial charge on any atom is -0.494 e. The highest BCUT2D eigenvalue weighted by Crippen LogP contribution is 2.33. The molecule has 4 unspecified atom stereocenters. The first-order chi connectivity index (χ1) is 19.9. The molecule has 4 atom stereocenters. The fourth-order valence-corrected chi connectivity index (χ4v) is 5.79. The van der Waals surface area contributed by atoms with Crippen molar-refractivity contribution in [2.24, 2.45) is 11.8 Å². The molecule has 0 aliphatic carbocycles. The third kappa shape index (κ3) is 10.6. The van der Waals surface area contributed by atoms with E-state index in [0.29, 0.717) is 37.3 Å². The molecular formula is C35H52O6. The van der Waals surface area contributed by atoms with Crippen LogP contribution in [0.25, 0.3) is 0 Å². The van der Waals surface area contributed by atoms with E-state index in [-0.39, 0.29) is 5.41 Å². The lowest BCUT2D eigenvalue weighted by Gasteiger charge is -2.27. The molecule has 2 fully saturated rings. The normalized spacial score (nSPS) is 23.3. The van der Waals surface area contributed by atoms with Crippen LogP contribution < -0.4 is 9.47 Å². The Morgan fingerprint density at radius 3 is 1.44 bits per heavy atom. The van der Waals surface area contributed by atoms with Gasteiger partial charge in [0.2, 0.25) is 0 Å². The molecule has 0 amide bonds. The highest BCUT2D eigenvalue weighted by molar-refractivity contribution is 5.41. The third-order valence-electron chi connectivity index (χ3n) is 8.45. The zero-order valence-corrected chi connectivity index (χ0v) is 25.8. The minimum atomic E-state index is -0.123. The van der Waals surface area contributed by atoms with Crippen LogP contribution in [0.1, 0.15) is 77.3 Å². The highest BCUT2D eigenvalue weighted by Gasteiger charge is 2.23. The molecule has 0 saturated carbocycles. The molecule has 0 aromatic heterocycles. The van der Waals surface area contributed by atoms with Crippen molar-refractivity contribution in [1.82, 2.24) is 0 Å². The van der Waals surface area contributed by atoms with E-state index in [4.69, 9.17) is 28.4 Å². The molecule has 0 bridgehead atoms. The molecule has 2 aromatic rings. The summed E-state index contributed by atoms with van der Waals surface area (Å²) in [7, 11) is 0. The third-order valence-corrected chi connectivity index (χ3v) is 8.45.